The second-order valence-electron chi connectivity index (χ2n) is 1.96. The van der Waals surface area contributed by atoms with Crippen LogP contribution in [-0.4, -0.2) is 16.5 Å². The molecule has 0 aliphatic heterocycles. The van der Waals surface area contributed by atoms with Crippen molar-refractivity contribution in [2.45, 2.75) is 0 Å². The van der Waals surface area contributed by atoms with E-state index in [0.717, 1.165) is 9.13 Å². The molecule has 0 spiro atoms. The van der Waals surface area contributed by atoms with Crippen LogP contribution in [0, 0.1) is 3.57 Å². The van der Waals surface area contributed by atoms with Crippen LogP contribution in [0.5, 0.6) is 5.75 Å². The number of hydrogen-bond acceptors (Lipinski definition) is 3. The Hall–Kier alpha value is -0.780. The summed E-state index contributed by atoms with van der Waals surface area (Å²) in [5.74, 6) is 0.237. The zero-order chi connectivity index (χ0) is 8.27. The molecule has 0 aliphatic carbocycles. The first kappa shape index (κ1) is 8.32. The highest BCUT2D eigenvalue weighted by Crippen LogP contribution is 2.19. The molecule has 1 rings (SSSR count). The maximum atomic E-state index is 9.10. The Morgan fingerprint density at radius 3 is 2.73 bits per heavy atom. The molecule has 0 radical (unpaired) electrons. The third-order valence-corrected chi connectivity index (χ3v) is 2.04. The van der Waals surface area contributed by atoms with Gasteiger partial charge in [0.25, 0.3) is 0 Å². The predicted molar refractivity (Wildman–Crippen MR) is 50.2 cm³/mol. The monoisotopic (exact) mass is 263 g/mol. The van der Waals surface area contributed by atoms with Crippen LogP contribution in [0.4, 0.5) is 0 Å². The first-order valence-corrected chi connectivity index (χ1v) is 3.98. The van der Waals surface area contributed by atoms with Gasteiger partial charge in [-0.25, -0.2) is 0 Å². The fraction of sp³-hybridized carbons (Fsp3) is 0. The van der Waals surface area contributed by atoms with Gasteiger partial charge >= 0.3 is 0 Å². The Bertz CT molecular complexity index is 286. The number of oxime groups is 1. The molecule has 58 valence electrons. The molecule has 2 N–H and O–H groups in total. The third kappa shape index (κ3) is 2.07. The molecule has 0 fully saturated rings. The number of phenolic OH excluding ortho intramolecular Hbond substituents is 1. The number of nitrogens with zero attached hydrogens (tertiary/aromatic N) is 1. The van der Waals surface area contributed by atoms with Crippen molar-refractivity contribution < 1.29 is 10.3 Å². The van der Waals surface area contributed by atoms with E-state index in [9.17, 15) is 0 Å². The average molecular weight is 263 g/mol. The van der Waals surface area contributed by atoms with E-state index in [1.54, 1.807) is 18.2 Å². The number of hydrogen-bond donors (Lipinski definition) is 2. The number of phenols is 1. The Balaban J connectivity index is 3.05. The highest BCUT2D eigenvalue weighted by Gasteiger charge is 1.96. The first-order valence-electron chi connectivity index (χ1n) is 2.90. The largest absolute Gasteiger partial charge is 0.507 e. The van der Waals surface area contributed by atoms with Crippen LogP contribution in [0.1, 0.15) is 5.56 Å². The van der Waals surface area contributed by atoms with E-state index in [4.69, 9.17) is 10.3 Å². The molecule has 0 aromatic heterocycles. The van der Waals surface area contributed by atoms with Gasteiger partial charge in [-0.1, -0.05) is 5.16 Å². The van der Waals surface area contributed by atoms with Crippen molar-refractivity contribution in [2.24, 2.45) is 5.16 Å². The predicted octanol–water partition coefficient (Wildman–Crippen LogP) is 1.80. The molecule has 0 saturated carbocycles. The topological polar surface area (TPSA) is 52.8 Å². The van der Waals surface area contributed by atoms with E-state index in [1.807, 2.05) is 22.6 Å². The molecule has 0 atom stereocenters. The quantitative estimate of drug-likeness (QED) is 0.351. The summed E-state index contributed by atoms with van der Waals surface area (Å²) in [4.78, 5) is 0. The van der Waals surface area contributed by atoms with Crippen LogP contribution in [0.2, 0.25) is 0 Å². The van der Waals surface area contributed by atoms with E-state index < -0.39 is 0 Å². The summed E-state index contributed by atoms with van der Waals surface area (Å²) >= 11 is 2.00. The summed E-state index contributed by atoms with van der Waals surface area (Å²) in [6, 6.07) is 4.94. The third-order valence-electron chi connectivity index (χ3n) is 1.18. The van der Waals surface area contributed by atoms with Crippen molar-refractivity contribution >= 4 is 28.8 Å². The van der Waals surface area contributed by atoms with E-state index in [-0.39, 0.29) is 5.75 Å². The van der Waals surface area contributed by atoms with Gasteiger partial charge in [0.05, 0.1) is 9.78 Å². The lowest BCUT2D eigenvalue weighted by Gasteiger charge is -1.96. The Morgan fingerprint density at radius 1 is 1.45 bits per heavy atom. The summed E-state index contributed by atoms with van der Waals surface area (Å²) in [5, 5.41) is 20.1. The molecule has 1 aromatic rings. The fourth-order valence-electron chi connectivity index (χ4n) is 0.670. The summed E-state index contributed by atoms with van der Waals surface area (Å²) < 4.78 is 0.736. The highest BCUT2D eigenvalue weighted by molar-refractivity contribution is 14.1. The van der Waals surface area contributed by atoms with E-state index in [2.05, 4.69) is 5.16 Å². The minimum absolute atomic E-state index is 0.237. The van der Waals surface area contributed by atoms with Crippen molar-refractivity contribution in [1.82, 2.24) is 0 Å². The van der Waals surface area contributed by atoms with Gasteiger partial charge in [0.1, 0.15) is 5.75 Å². The van der Waals surface area contributed by atoms with Gasteiger partial charge < -0.3 is 10.3 Å². The molecular weight excluding hydrogens is 257 g/mol. The summed E-state index contributed by atoms with van der Waals surface area (Å²) in [7, 11) is 0. The van der Waals surface area contributed by atoms with Crippen LogP contribution in [-0.2, 0) is 0 Å². The molecule has 0 saturated heterocycles. The molecule has 1 aromatic carbocycles. The lowest BCUT2D eigenvalue weighted by atomic mass is 10.2. The minimum atomic E-state index is 0.237. The van der Waals surface area contributed by atoms with Gasteiger partial charge in [-0.2, -0.15) is 0 Å². The van der Waals surface area contributed by atoms with Crippen LogP contribution in [0.15, 0.2) is 23.4 Å². The van der Waals surface area contributed by atoms with Crippen molar-refractivity contribution in [3.8, 4) is 5.75 Å². The normalized spacial score (nSPS) is 10.6. The van der Waals surface area contributed by atoms with Gasteiger partial charge in [0.15, 0.2) is 0 Å². The van der Waals surface area contributed by atoms with E-state index in [0.29, 0.717) is 0 Å². The lowest BCUT2D eigenvalue weighted by Crippen LogP contribution is -1.82. The molecular formula is C7H6INO2. The molecule has 0 unspecified atom stereocenters. The molecule has 0 amide bonds. The summed E-state index contributed by atoms with van der Waals surface area (Å²) in [6.07, 6.45) is 1.31. The molecule has 0 heterocycles. The van der Waals surface area contributed by atoms with Crippen LogP contribution >= 0.6 is 22.6 Å². The SMILES string of the molecule is ON=Cc1ccc(O)c(I)c1. The van der Waals surface area contributed by atoms with E-state index in [1.165, 1.54) is 6.21 Å². The van der Waals surface area contributed by atoms with Gasteiger partial charge in [-0.05, 0) is 46.4 Å². The zero-order valence-corrected chi connectivity index (χ0v) is 7.69. The maximum absolute atomic E-state index is 9.10. The highest BCUT2D eigenvalue weighted by atomic mass is 127. The maximum Gasteiger partial charge on any atom is 0.128 e. The van der Waals surface area contributed by atoms with Gasteiger partial charge in [0.2, 0.25) is 0 Å². The number of halogens is 1. The summed E-state index contributed by atoms with van der Waals surface area (Å²) in [5.41, 5.74) is 0.759. The summed E-state index contributed by atoms with van der Waals surface area (Å²) in [6.45, 7) is 0. The Morgan fingerprint density at radius 2 is 2.18 bits per heavy atom. The van der Waals surface area contributed by atoms with Gasteiger partial charge in [0, 0.05) is 0 Å². The fourth-order valence-corrected chi connectivity index (χ4v) is 1.21. The molecule has 0 aliphatic rings. The van der Waals surface area contributed by atoms with Crippen molar-refractivity contribution in [3.63, 3.8) is 0 Å². The second kappa shape index (κ2) is 3.56. The lowest BCUT2D eigenvalue weighted by molar-refractivity contribution is 0.322. The minimum Gasteiger partial charge on any atom is -0.507 e. The number of aromatic hydroxyl groups is 1. The average Bonchev–Trinajstić information content (AvgIpc) is 1.98. The van der Waals surface area contributed by atoms with Gasteiger partial charge in [-0.3, -0.25) is 0 Å². The van der Waals surface area contributed by atoms with Crippen molar-refractivity contribution in [1.29, 1.82) is 0 Å². The van der Waals surface area contributed by atoms with Crippen LogP contribution in [0.3, 0.4) is 0 Å². The zero-order valence-electron chi connectivity index (χ0n) is 5.53. The molecule has 0 bridgehead atoms. The first-order chi connectivity index (χ1) is 5.24. The standard InChI is InChI=1S/C7H6INO2/c8-6-3-5(4-9-11)1-2-7(6)10/h1-4,10-11H. The van der Waals surface area contributed by atoms with Crippen molar-refractivity contribution in [3.05, 3.63) is 27.3 Å². The number of rotatable bonds is 1. The van der Waals surface area contributed by atoms with Crippen molar-refractivity contribution in [2.75, 3.05) is 0 Å². The second-order valence-corrected chi connectivity index (χ2v) is 3.12. The van der Waals surface area contributed by atoms with Crippen LogP contribution in [0.25, 0.3) is 0 Å². The van der Waals surface area contributed by atoms with Crippen LogP contribution < -0.4 is 0 Å². The van der Waals surface area contributed by atoms with Gasteiger partial charge in [-0.15, -0.1) is 0 Å². The molecule has 4 heteroatoms. The molecule has 11 heavy (non-hydrogen) atoms. The number of benzene rings is 1. The molecule has 3 nitrogen and oxygen atoms in total. The van der Waals surface area contributed by atoms with E-state index >= 15 is 0 Å². The smallest absolute Gasteiger partial charge is 0.128 e. The Labute approximate surface area is 77.5 Å². The Kier molecular flexibility index (Phi) is 2.70.